The normalized spacial score (nSPS) is 23.1. The SMILES string of the molecule is CN1C[C@H]2COC[C@@H]1CN(Cc1cnn(Cc3ccccc3)c1)C2.O=CO. The average Bonchev–Trinajstić information content (AvgIpc) is 2.91. The van der Waals surface area contributed by atoms with Gasteiger partial charge in [0.2, 0.25) is 0 Å². The van der Waals surface area contributed by atoms with Gasteiger partial charge in [0.15, 0.2) is 0 Å². The first-order valence-electron chi connectivity index (χ1n) is 9.31. The zero-order valence-electron chi connectivity index (χ0n) is 15.8. The van der Waals surface area contributed by atoms with Crippen molar-refractivity contribution in [3.8, 4) is 0 Å². The molecule has 0 radical (unpaired) electrons. The van der Waals surface area contributed by atoms with Gasteiger partial charge >= 0.3 is 0 Å². The summed E-state index contributed by atoms with van der Waals surface area (Å²) in [5.74, 6) is 0.613. The molecular formula is C20H28N4O3. The van der Waals surface area contributed by atoms with Gasteiger partial charge in [-0.1, -0.05) is 30.3 Å². The Morgan fingerprint density at radius 2 is 1.93 bits per heavy atom. The number of fused-ring (bicyclic) bond motifs is 3. The molecule has 2 bridgehead atoms. The van der Waals surface area contributed by atoms with Crippen molar-refractivity contribution >= 4 is 6.47 Å². The van der Waals surface area contributed by atoms with E-state index in [1.54, 1.807) is 0 Å². The Hall–Kier alpha value is -2.22. The first kappa shape index (κ1) is 19.5. The second kappa shape index (κ2) is 9.64. The van der Waals surface area contributed by atoms with Crippen LogP contribution in [0.4, 0.5) is 0 Å². The lowest BCUT2D eigenvalue weighted by atomic mass is 10.1. The molecule has 0 saturated carbocycles. The molecule has 146 valence electrons. The third-order valence-corrected chi connectivity index (χ3v) is 5.10. The fourth-order valence-electron chi connectivity index (χ4n) is 3.88. The van der Waals surface area contributed by atoms with E-state index in [1.807, 2.05) is 10.9 Å². The van der Waals surface area contributed by atoms with Crippen LogP contribution in [0.1, 0.15) is 11.1 Å². The van der Waals surface area contributed by atoms with Gasteiger partial charge in [-0.15, -0.1) is 0 Å². The molecule has 1 aromatic heterocycles. The molecule has 1 aromatic carbocycles. The Labute approximate surface area is 160 Å². The Morgan fingerprint density at radius 3 is 2.70 bits per heavy atom. The Balaban J connectivity index is 0.000000659. The van der Waals surface area contributed by atoms with Crippen LogP contribution >= 0.6 is 0 Å². The van der Waals surface area contributed by atoms with Gasteiger partial charge in [0.1, 0.15) is 0 Å². The Kier molecular flexibility index (Phi) is 6.98. The number of rotatable bonds is 4. The van der Waals surface area contributed by atoms with Gasteiger partial charge in [-0.05, 0) is 12.6 Å². The number of aromatic nitrogens is 2. The molecule has 0 amide bonds. The van der Waals surface area contributed by atoms with E-state index >= 15 is 0 Å². The van der Waals surface area contributed by atoms with Crippen LogP contribution in [0.25, 0.3) is 0 Å². The van der Waals surface area contributed by atoms with E-state index < -0.39 is 0 Å². The maximum absolute atomic E-state index is 8.36. The van der Waals surface area contributed by atoms with Gasteiger partial charge in [0, 0.05) is 49.9 Å². The van der Waals surface area contributed by atoms with E-state index in [4.69, 9.17) is 14.6 Å². The average molecular weight is 372 g/mol. The van der Waals surface area contributed by atoms with E-state index in [2.05, 4.69) is 58.5 Å². The van der Waals surface area contributed by atoms with Crippen LogP contribution in [0.5, 0.6) is 0 Å². The maximum atomic E-state index is 8.36. The fraction of sp³-hybridized carbons (Fsp3) is 0.500. The summed E-state index contributed by atoms with van der Waals surface area (Å²) in [5, 5.41) is 11.4. The van der Waals surface area contributed by atoms with E-state index in [0.717, 1.165) is 45.9 Å². The lowest BCUT2D eigenvalue weighted by Crippen LogP contribution is -2.41. The second-order valence-corrected chi connectivity index (χ2v) is 7.33. The molecule has 2 aliphatic heterocycles. The summed E-state index contributed by atoms with van der Waals surface area (Å²) in [7, 11) is 2.23. The number of hydrogen-bond donors (Lipinski definition) is 1. The third kappa shape index (κ3) is 5.63. The highest BCUT2D eigenvalue weighted by Gasteiger charge is 2.31. The number of ether oxygens (including phenoxy) is 1. The molecule has 7 heteroatoms. The third-order valence-electron chi connectivity index (χ3n) is 5.10. The minimum Gasteiger partial charge on any atom is -0.483 e. The predicted molar refractivity (Wildman–Crippen MR) is 102 cm³/mol. The van der Waals surface area contributed by atoms with Gasteiger partial charge < -0.3 is 9.84 Å². The molecule has 2 aliphatic rings. The number of likely N-dealkylation sites (N-methyl/N-ethyl adjacent to an activating group) is 1. The Bertz CT molecular complexity index is 706. The van der Waals surface area contributed by atoms with Crippen LogP contribution < -0.4 is 0 Å². The van der Waals surface area contributed by atoms with Crippen LogP contribution in [0, 0.1) is 5.92 Å². The van der Waals surface area contributed by atoms with Crippen LogP contribution in [0.2, 0.25) is 0 Å². The second-order valence-electron chi connectivity index (χ2n) is 7.33. The quantitative estimate of drug-likeness (QED) is 0.818. The van der Waals surface area contributed by atoms with Crippen LogP contribution in [0.3, 0.4) is 0 Å². The molecule has 7 nitrogen and oxygen atoms in total. The summed E-state index contributed by atoms with van der Waals surface area (Å²) in [6.07, 6.45) is 4.21. The zero-order valence-corrected chi connectivity index (χ0v) is 15.8. The molecule has 2 atom stereocenters. The summed E-state index contributed by atoms with van der Waals surface area (Å²) in [5.41, 5.74) is 2.59. The van der Waals surface area contributed by atoms with Gasteiger partial charge in [-0.2, -0.15) is 5.10 Å². The van der Waals surface area contributed by atoms with Crippen LogP contribution in [0.15, 0.2) is 42.7 Å². The van der Waals surface area contributed by atoms with Crippen LogP contribution in [-0.2, 0) is 22.6 Å². The van der Waals surface area contributed by atoms with E-state index in [-0.39, 0.29) is 6.47 Å². The van der Waals surface area contributed by atoms with Crippen molar-refractivity contribution in [3.05, 3.63) is 53.9 Å². The molecule has 0 spiro atoms. The first-order chi connectivity index (χ1) is 13.2. The fourth-order valence-corrected chi connectivity index (χ4v) is 3.88. The molecule has 1 N–H and O–H groups in total. The molecule has 3 heterocycles. The summed E-state index contributed by atoms with van der Waals surface area (Å²) in [6.45, 7) is 6.66. The smallest absolute Gasteiger partial charge is 0.290 e. The molecule has 0 aliphatic carbocycles. The number of benzene rings is 1. The first-order valence-corrected chi connectivity index (χ1v) is 9.31. The zero-order chi connectivity index (χ0) is 19.1. The molecular weight excluding hydrogens is 344 g/mol. The van der Waals surface area contributed by atoms with Crippen molar-refractivity contribution in [1.29, 1.82) is 0 Å². The molecule has 4 rings (SSSR count). The largest absolute Gasteiger partial charge is 0.483 e. The number of carboxylic acid groups (broad SMARTS) is 1. The Morgan fingerprint density at radius 1 is 1.15 bits per heavy atom. The molecule has 2 aromatic rings. The van der Waals surface area contributed by atoms with E-state index in [0.29, 0.717) is 12.0 Å². The van der Waals surface area contributed by atoms with E-state index in [1.165, 1.54) is 11.1 Å². The molecule has 2 fully saturated rings. The highest BCUT2D eigenvalue weighted by molar-refractivity contribution is 5.32. The van der Waals surface area contributed by atoms with Crippen molar-refractivity contribution in [2.45, 2.75) is 19.1 Å². The summed E-state index contributed by atoms with van der Waals surface area (Å²) in [4.78, 5) is 13.4. The molecule has 2 saturated heterocycles. The maximum Gasteiger partial charge on any atom is 0.290 e. The van der Waals surface area contributed by atoms with Crippen LogP contribution in [-0.4, -0.2) is 77.1 Å². The lowest BCUT2D eigenvalue weighted by Gasteiger charge is -2.29. The summed E-state index contributed by atoms with van der Waals surface area (Å²) in [6, 6.07) is 11.0. The van der Waals surface area contributed by atoms with Crippen molar-refractivity contribution in [1.82, 2.24) is 19.6 Å². The molecule has 0 unspecified atom stereocenters. The topological polar surface area (TPSA) is 70.8 Å². The highest BCUT2D eigenvalue weighted by Crippen LogP contribution is 2.19. The summed E-state index contributed by atoms with van der Waals surface area (Å²) >= 11 is 0. The monoisotopic (exact) mass is 372 g/mol. The number of hydrogen-bond acceptors (Lipinski definition) is 5. The standard InChI is InChI=1S/C19H26N4O.CH2O2/c1-21-8-18-10-22(13-19(21)15-24-14-18)9-17-7-20-23(12-17)11-16-5-3-2-4-6-16;2-1-3/h2-7,12,18-19H,8-11,13-15H2,1H3;1H,(H,2,3)/t18-,19+;/m1./s1. The number of carbonyl (C=O) groups is 1. The molecule has 27 heavy (non-hydrogen) atoms. The van der Waals surface area contributed by atoms with Gasteiger partial charge in [-0.25, -0.2) is 0 Å². The highest BCUT2D eigenvalue weighted by atomic mass is 16.5. The van der Waals surface area contributed by atoms with Gasteiger partial charge in [0.25, 0.3) is 6.47 Å². The van der Waals surface area contributed by atoms with Crippen molar-refractivity contribution < 1.29 is 14.6 Å². The summed E-state index contributed by atoms with van der Waals surface area (Å²) < 4.78 is 7.86. The van der Waals surface area contributed by atoms with Crippen molar-refractivity contribution in [2.75, 3.05) is 39.9 Å². The van der Waals surface area contributed by atoms with Crippen molar-refractivity contribution in [3.63, 3.8) is 0 Å². The minimum atomic E-state index is -0.250. The number of nitrogens with zero attached hydrogens (tertiary/aromatic N) is 4. The van der Waals surface area contributed by atoms with Crippen molar-refractivity contribution in [2.24, 2.45) is 5.92 Å². The van der Waals surface area contributed by atoms with Gasteiger partial charge in [0.05, 0.1) is 26.0 Å². The lowest BCUT2D eigenvalue weighted by molar-refractivity contribution is -0.122. The van der Waals surface area contributed by atoms with Gasteiger partial charge in [-0.3, -0.25) is 19.3 Å². The minimum absolute atomic E-state index is 0.250. The van der Waals surface area contributed by atoms with E-state index in [9.17, 15) is 0 Å². The predicted octanol–water partition coefficient (Wildman–Crippen LogP) is 1.39.